The molecule has 0 saturated heterocycles. The first-order valence-electron chi connectivity index (χ1n) is 3.49. The van der Waals surface area contributed by atoms with E-state index in [9.17, 15) is 9.18 Å². The second-order valence-electron chi connectivity index (χ2n) is 2.26. The Hall–Kier alpha value is -1.38. The normalized spacial score (nSPS) is 13.8. The van der Waals surface area contributed by atoms with Crippen molar-refractivity contribution in [2.45, 2.75) is 13.8 Å². The van der Waals surface area contributed by atoms with Gasteiger partial charge in [-0.25, -0.2) is 4.39 Å². The average molecular weight is 169 g/mol. The highest BCUT2D eigenvalue weighted by Crippen LogP contribution is 2.16. The van der Waals surface area contributed by atoms with Crippen molar-refractivity contribution in [3.05, 3.63) is 35.7 Å². The Morgan fingerprint density at radius 1 is 1.58 bits per heavy atom. The SMILES string of the molecule is C=C/C(C)=C(C(N)=O)\C(F)=C/C. The lowest BCUT2D eigenvalue weighted by atomic mass is 10.1. The monoisotopic (exact) mass is 169 g/mol. The Labute approximate surface area is 71.3 Å². The first-order chi connectivity index (χ1) is 5.54. The van der Waals surface area contributed by atoms with Crippen LogP contribution in [-0.4, -0.2) is 5.91 Å². The van der Waals surface area contributed by atoms with Gasteiger partial charge in [0.15, 0.2) is 0 Å². The molecule has 0 aromatic rings. The number of carbonyl (C=O) groups excluding carboxylic acids is 1. The first kappa shape index (κ1) is 10.6. The predicted molar refractivity (Wildman–Crippen MR) is 47.0 cm³/mol. The maximum absolute atomic E-state index is 12.9. The molecule has 0 aromatic heterocycles. The largest absolute Gasteiger partial charge is 0.365 e. The molecule has 0 spiro atoms. The van der Waals surface area contributed by atoms with Gasteiger partial charge in [0.2, 0.25) is 0 Å². The molecule has 0 atom stereocenters. The molecule has 0 heterocycles. The van der Waals surface area contributed by atoms with Crippen LogP contribution >= 0.6 is 0 Å². The third-order valence-electron chi connectivity index (χ3n) is 1.44. The van der Waals surface area contributed by atoms with Gasteiger partial charge in [0.25, 0.3) is 5.91 Å². The van der Waals surface area contributed by atoms with Crippen molar-refractivity contribution >= 4 is 5.91 Å². The zero-order valence-electron chi connectivity index (χ0n) is 7.23. The van der Waals surface area contributed by atoms with Crippen molar-refractivity contribution in [2.75, 3.05) is 0 Å². The molecule has 0 rings (SSSR count). The van der Waals surface area contributed by atoms with Crippen molar-refractivity contribution in [1.82, 2.24) is 0 Å². The summed E-state index contributed by atoms with van der Waals surface area (Å²) in [5.41, 5.74) is 5.30. The summed E-state index contributed by atoms with van der Waals surface area (Å²) >= 11 is 0. The lowest BCUT2D eigenvalue weighted by Gasteiger charge is -2.01. The molecular weight excluding hydrogens is 157 g/mol. The highest BCUT2D eigenvalue weighted by atomic mass is 19.1. The molecular formula is C9H12FNO. The molecule has 66 valence electrons. The van der Waals surface area contributed by atoms with Gasteiger partial charge >= 0.3 is 0 Å². The molecule has 2 nitrogen and oxygen atoms in total. The van der Waals surface area contributed by atoms with Crippen LogP contribution < -0.4 is 5.73 Å². The van der Waals surface area contributed by atoms with Crippen LogP contribution in [-0.2, 0) is 4.79 Å². The van der Waals surface area contributed by atoms with Gasteiger partial charge in [-0.05, 0) is 19.4 Å². The van der Waals surface area contributed by atoms with Crippen molar-refractivity contribution in [1.29, 1.82) is 0 Å². The minimum atomic E-state index is -0.775. The van der Waals surface area contributed by atoms with Crippen molar-refractivity contribution < 1.29 is 9.18 Å². The number of rotatable bonds is 3. The first-order valence-corrected chi connectivity index (χ1v) is 3.49. The molecule has 0 radical (unpaired) electrons. The summed E-state index contributed by atoms with van der Waals surface area (Å²) in [4.78, 5) is 10.7. The number of hydrogen-bond acceptors (Lipinski definition) is 1. The van der Waals surface area contributed by atoms with Crippen LogP contribution in [0.4, 0.5) is 4.39 Å². The lowest BCUT2D eigenvalue weighted by molar-refractivity contribution is -0.114. The summed E-state index contributed by atoms with van der Waals surface area (Å²) in [6.07, 6.45) is 2.58. The van der Waals surface area contributed by atoms with E-state index in [4.69, 9.17) is 5.73 Å². The smallest absolute Gasteiger partial charge is 0.251 e. The molecule has 0 bridgehead atoms. The molecule has 12 heavy (non-hydrogen) atoms. The molecule has 0 aliphatic heterocycles. The van der Waals surface area contributed by atoms with Gasteiger partial charge in [-0.3, -0.25) is 4.79 Å². The van der Waals surface area contributed by atoms with Gasteiger partial charge in [-0.1, -0.05) is 18.7 Å². The third kappa shape index (κ3) is 2.34. The number of amides is 1. The van der Waals surface area contributed by atoms with E-state index in [-0.39, 0.29) is 5.57 Å². The van der Waals surface area contributed by atoms with Crippen LogP contribution in [0, 0.1) is 0 Å². The van der Waals surface area contributed by atoms with Crippen LogP contribution in [0.5, 0.6) is 0 Å². The summed E-state index contributed by atoms with van der Waals surface area (Å²) in [5.74, 6) is -1.39. The van der Waals surface area contributed by atoms with Crippen LogP contribution in [0.2, 0.25) is 0 Å². The summed E-state index contributed by atoms with van der Waals surface area (Å²) < 4.78 is 12.9. The van der Waals surface area contributed by atoms with Gasteiger partial charge in [-0.2, -0.15) is 0 Å². The Bertz CT molecular complexity index is 264. The lowest BCUT2D eigenvalue weighted by Crippen LogP contribution is -2.15. The predicted octanol–water partition coefficient (Wildman–Crippen LogP) is 1.85. The number of halogens is 1. The number of hydrogen-bond donors (Lipinski definition) is 1. The highest BCUT2D eigenvalue weighted by molar-refractivity contribution is 5.97. The van der Waals surface area contributed by atoms with Crippen LogP contribution in [0.1, 0.15) is 13.8 Å². The van der Waals surface area contributed by atoms with E-state index >= 15 is 0 Å². The number of allylic oxidation sites excluding steroid dienone is 3. The molecule has 0 aliphatic rings. The van der Waals surface area contributed by atoms with Crippen LogP contribution in [0.25, 0.3) is 0 Å². The van der Waals surface area contributed by atoms with Gasteiger partial charge in [0, 0.05) is 0 Å². The maximum Gasteiger partial charge on any atom is 0.251 e. The quantitative estimate of drug-likeness (QED) is 0.508. The number of carbonyl (C=O) groups is 1. The van der Waals surface area contributed by atoms with Crippen LogP contribution in [0.15, 0.2) is 35.7 Å². The van der Waals surface area contributed by atoms with Crippen molar-refractivity contribution in [3.8, 4) is 0 Å². The number of primary amides is 1. The van der Waals surface area contributed by atoms with Crippen molar-refractivity contribution in [2.24, 2.45) is 5.73 Å². The molecule has 0 unspecified atom stereocenters. The van der Waals surface area contributed by atoms with Gasteiger partial charge < -0.3 is 5.73 Å². The van der Waals surface area contributed by atoms with Gasteiger partial charge in [-0.15, -0.1) is 0 Å². The highest BCUT2D eigenvalue weighted by Gasteiger charge is 2.11. The molecule has 2 N–H and O–H groups in total. The van der Waals surface area contributed by atoms with E-state index in [1.54, 1.807) is 6.92 Å². The van der Waals surface area contributed by atoms with E-state index in [2.05, 4.69) is 6.58 Å². The zero-order valence-corrected chi connectivity index (χ0v) is 7.23. The third-order valence-corrected chi connectivity index (χ3v) is 1.44. The Kier molecular flexibility index (Phi) is 3.97. The standard InChI is InChI=1S/C9H12FNO/c1-4-6(3)8(9(11)12)7(10)5-2/h4-5H,1H2,2-3H3,(H2,11,12)/b7-5+,8-6+. The minimum absolute atomic E-state index is 0.104. The zero-order chi connectivity index (χ0) is 9.72. The minimum Gasteiger partial charge on any atom is -0.365 e. The van der Waals surface area contributed by atoms with E-state index in [0.717, 1.165) is 0 Å². The number of nitrogens with two attached hydrogens (primary N) is 1. The van der Waals surface area contributed by atoms with E-state index in [1.807, 2.05) is 0 Å². The summed E-state index contributed by atoms with van der Waals surface area (Å²) in [6.45, 7) is 6.50. The van der Waals surface area contributed by atoms with Gasteiger partial charge in [0.1, 0.15) is 5.83 Å². The Morgan fingerprint density at radius 2 is 2.08 bits per heavy atom. The fourth-order valence-corrected chi connectivity index (χ4v) is 0.747. The fourth-order valence-electron chi connectivity index (χ4n) is 0.747. The fraction of sp³-hybridized carbons (Fsp3) is 0.222. The Balaban J connectivity index is 5.19. The Morgan fingerprint density at radius 3 is 2.33 bits per heavy atom. The van der Waals surface area contributed by atoms with Crippen molar-refractivity contribution in [3.63, 3.8) is 0 Å². The van der Waals surface area contributed by atoms with Gasteiger partial charge in [0.05, 0.1) is 5.57 Å². The topological polar surface area (TPSA) is 43.1 Å². The van der Waals surface area contributed by atoms with Crippen LogP contribution in [0.3, 0.4) is 0 Å². The molecule has 0 saturated carbocycles. The van der Waals surface area contributed by atoms with E-state index in [1.165, 1.54) is 19.1 Å². The second-order valence-corrected chi connectivity index (χ2v) is 2.26. The summed E-state index contributed by atoms with van der Waals surface area (Å²) in [5, 5.41) is 0. The molecule has 0 aliphatic carbocycles. The molecule has 1 amide bonds. The maximum atomic E-state index is 12.9. The molecule has 3 heteroatoms. The van der Waals surface area contributed by atoms with E-state index < -0.39 is 11.7 Å². The van der Waals surface area contributed by atoms with E-state index in [0.29, 0.717) is 5.57 Å². The molecule has 0 aromatic carbocycles. The summed E-state index contributed by atoms with van der Waals surface area (Å²) in [7, 11) is 0. The average Bonchev–Trinajstić information content (AvgIpc) is 2.03. The molecule has 0 fully saturated rings. The second kappa shape index (κ2) is 4.49. The summed E-state index contributed by atoms with van der Waals surface area (Å²) in [6, 6.07) is 0.